The summed E-state index contributed by atoms with van der Waals surface area (Å²) in [7, 11) is 2.22. The molecule has 2 heterocycles. The van der Waals surface area contributed by atoms with Gasteiger partial charge in [0.25, 0.3) is 0 Å². The van der Waals surface area contributed by atoms with Crippen molar-refractivity contribution in [1.29, 1.82) is 0 Å². The molecule has 2 N–H and O–H groups in total. The number of likely N-dealkylation sites (tertiary alicyclic amines) is 1. The van der Waals surface area contributed by atoms with Gasteiger partial charge in [-0.2, -0.15) is 11.8 Å². The third kappa shape index (κ3) is 2.98. The Labute approximate surface area is 110 Å². The summed E-state index contributed by atoms with van der Waals surface area (Å²) < 4.78 is 0. The van der Waals surface area contributed by atoms with Crippen molar-refractivity contribution in [2.45, 2.75) is 42.7 Å². The van der Waals surface area contributed by atoms with Gasteiger partial charge in [0.1, 0.15) is 0 Å². The van der Waals surface area contributed by atoms with Gasteiger partial charge in [0.05, 0.1) is 0 Å². The van der Waals surface area contributed by atoms with Crippen LogP contribution in [0.3, 0.4) is 0 Å². The highest BCUT2D eigenvalue weighted by molar-refractivity contribution is 8.00. The van der Waals surface area contributed by atoms with E-state index in [2.05, 4.69) is 42.5 Å². The van der Waals surface area contributed by atoms with E-state index in [0.29, 0.717) is 0 Å². The smallest absolute Gasteiger partial charge is 0.0356 e. The van der Waals surface area contributed by atoms with Gasteiger partial charge in [0.15, 0.2) is 0 Å². The average Bonchev–Trinajstić information content (AvgIpc) is 2.29. The third-order valence-corrected chi connectivity index (χ3v) is 5.62. The van der Waals surface area contributed by atoms with Crippen molar-refractivity contribution in [3.05, 3.63) is 0 Å². The number of thioether (sulfide) groups is 1. The van der Waals surface area contributed by atoms with Gasteiger partial charge < -0.3 is 10.6 Å². The molecule has 3 nitrogen and oxygen atoms in total. The Kier molecular flexibility index (Phi) is 4.40. The van der Waals surface area contributed by atoms with Crippen molar-refractivity contribution >= 4 is 11.8 Å². The Morgan fingerprint density at radius 2 is 1.71 bits per heavy atom. The number of nitrogens with zero attached hydrogens (tertiary/aromatic N) is 2. The van der Waals surface area contributed by atoms with Gasteiger partial charge >= 0.3 is 0 Å². The van der Waals surface area contributed by atoms with Crippen LogP contribution in [0.25, 0.3) is 0 Å². The summed E-state index contributed by atoms with van der Waals surface area (Å²) in [5.74, 6) is 0. The minimum Gasteiger partial charge on any atom is -0.329 e. The van der Waals surface area contributed by atoms with Gasteiger partial charge in [0.2, 0.25) is 0 Å². The van der Waals surface area contributed by atoms with Crippen molar-refractivity contribution in [2.75, 3.05) is 39.8 Å². The Balaban J connectivity index is 2.06. The lowest BCUT2D eigenvalue weighted by atomic mass is 9.85. The number of nitrogens with two attached hydrogens (primary N) is 1. The maximum absolute atomic E-state index is 6.14. The van der Waals surface area contributed by atoms with Crippen LogP contribution in [0.1, 0.15) is 26.7 Å². The van der Waals surface area contributed by atoms with E-state index in [1.165, 1.54) is 39.0 Å². The summed E-state index contributed by atoms with van der Waals surface area (Å²) in [4.78, 5) is 5.13. The van der Waals surface area contributed by atoms with Gasteiger partial charge in [0, 0.05) is 35.7 Å². The minimum atomic E-state index is 0.288. The third-order valence-electron chi connectivity index (χ3n) is 4.39. The van der Waals surface area contributed by atoms with E-state index in [0.717, 1.165) is 17.0 Å². The molecule has 2 aliphatic heterocycles. The largest absolute Gasteiger partial charge is 0.329 e. The lowest BCUT2D eigenvalue weighted by Gasteiger charge is -2.51. The fraction of sp³-hybridized carbons (Fsp3) is 1.00. The first-order valence-electron chi connectivity index (χ1n) is 6.85. The minimum absolute atomic E-state index is 0.288. The molecule has 2 saturated heterocycles. The summed E-state index contributed by atoms with van der Waals surface area (Å²) >= 11 is 2.13. The van der Waals surface area contributed by atoms with E-state index in [1.807, 2.05) is 0 Å². The van der Waals surface area contributed by atoms with Crippen LogP contribution in [0, 0.1) is 0 Å². The molecule has 0 aromatic carbocycles. The van der Waals surface area contributed by atoms with Crippen molar-refractivity contribution in [2.24, 2.45) is 5.73 Å². The number of rotatable bonds is 2. The molecule has 0 bridgehead atoms. The molecular formula is C13H27N3S. The molecule has 0 aliphatic carbocycles. The maximum Gasteiger partial charge on any atom is 0.0356 e. The van der Waals surface area contributed by atoms with Gasteiger partial charge in [-0.05, 0) is 33.0 Å². The summed E-state index contributed by atoms with van der Waals surface area (Å²) in [5.41, 5.74) is 6.43. The summed E-state index contributed by atoms with van der Waals surface area (Å²) in [6.45, 7) is 10.4. The highest BCUT2D eigenvalue weighted by Gasteiger charge is 2.40. The number of piperidine rings is 1. The van der Waals surface area contributed by atoms with Crippen molar-refractivity contribution < 1.29 is 0 Å². The summed E-state index contributed by atoms with van der Waals surface area (Å²) in [6, 6.07) is 0. The lowest BCUT2D eigenvalue weighted by Crippen LogP contribution is -2.62. The van der Waals surface area contributed by atoms with E-state index in [4.69, 9.17) is 5.73 Å². The van der Waals surface area contributed by atoms with Gasteiger partial charge in [-0.1, -0.05) is 13.8 Å². The number of hydrogen-bond donors (Lipinski definition) is 1. The molecule has 100 valence electrons. The predicted molar refractivity (Wildman–Crippen MR) is 76.6 cm³/mol. The molecule has 2 aliphatic rings. The van der Waals surface area contributed by atoms with Crippen molar-refractivity contribution in [3.63, 3.8) is 0 Å². The van der Waals surface area contributed by atoms with Crippen LogP contribution < -0.4 is 5.73 Å². The highest BCUT2D eigenvalue weighted by atomic mass is 32.2. The first kappa shape index (κ1) is 13.7. The second kappa shape index (κ2) is 5.47. The van der Waals surface area contributed by atoms with Crippen LogP contribution in [0.5, 0.6) is 0 Å². The van der Waals surface area contributed by atoms with Crippen LogP contribution in [0.15, 0.2) is 0 Å². The van der Waals surface area contributed by atoms with E-state index in [1.54, 1.807) is 0 Å². The molecule has 2 fully saturated rings. The van der Waals surface area contributed by atoms with Crippen molar-refractivity contribution in [1.82, 2.24) is 9.80 Å². The van der Waals surface area contributed by atoms with E-state index >= 15 is 0 Å². The van der Waals surface area contributed by atoms with Crippen LogP contribution in [0.2, 0.25) is 0 Å². The Bertz CT molecular complexity index is 241. The van der Waals surface area contributed by atoms with Crippen LogP contribution in [0.4, 0.5) is 0 Å². The van der Waals surface area contributed by atoms with Crippen LogP contribution >= 0.6 is 11.8 Å². The van der Waals surface area contributed by atoms with E-state index in [9.17, 15) is 0 Å². The first-order valence-corrected chi connectivity index (χ1v) is 7.79. The molecule has 2 unspecified atom stereocenters. The molecule has 2 atom stereocenters. The molecular weight excluding hydrogens is 230 g/mol. The standard InChI is InChI=1S/C13H27N3S/c1-11-8-16(9-12(2)17-11)13(10-14)4-6-15(3)7-5-13/h11-12H,4-10,14H2,1-3H3. The second-order valence-corrected chi connectivity index (χ2v) is 7.78. The summed E-state index contributed by atoms with van der Waals surface area (Å²) in [6.07, 6.45) is 2.48. The van der Waals surface area contributed by atoms with Gasteiger partial charge in [-0.15, -0.1) is 0 Å². The predicted octanol–water partition coefficient (Wildman–Crippen LogP) is 1.24. The topological polar surface area (TPSA) is 32.5 Å². The molecule has 17 heavy (non-hydrogen) atoms. The second-order valence-electron chi connectivity index (χ2n) is 5.89. The lowest BCUT2D eigenvalue weighted by molar-refractivity contribution is 0.0326. The van der Waals surface area contributed by atoms with Gasteiger partial charge in [-0.3, -0.25) is 4.90 Å². The Morgan fingerprint density at radius 3 is 2.18 bits per heavy atom. The Morgan fingerprint density at radius 1 is 1.18 bits per heavy atom. The molecule has 0 radical (unpaired) electrons. The SMILES string of the molecule is CC1CN(C2(CN)CCN(C)CC2)CC(C)S1. The Hall–Kier alpha value is 0.230. The maximum atomic E-state index is 6.14. The zero-order chi connectivity index (χ0) is 12.5. The molecule has 0 spiro atoms. The fourth-order valence-corrected chi connectivity index (χ4v) is 4.57. The normalized spacial score (nSPS) is 36.0. The number of hydrogen-bond acceptors (Lipinski definition) is 4. The molecule has 4 heteroatoms. The molecule has 2 rings (SSSR count). The highest BCUT2D eigenvalue weighted by Crippen LogP contribution is 2.34. The van der Waals surface area contributed by atoms with E-state index < -0.39 is 0 Å². The first-order chi connectivity index (χ1) is 8.05. The quantitative estimate of drug-likeness (QED) is 0.807. The van der Waals surface area contributed by atoms with E-state index in [-0.39, 0.29) is 5.54 Å². The summed E-state index contributed by atoms with van der Waals surface area (Å²) in [5, 5.41) is 1.50. The van der Waals surface area contributed by atoms with Crippen molar-refractivity contribution in [3.8, 4) is 0 Å². The average molecular weight is 257 g/mol. The fourth-order valence-electron chi connectivity index (χ4n) is 3.25. The van der Waals surface area contributed by atoms with Gasteiger partial charge in [-0.25, -0.2) is 0 Å². The molecule has 0 saturated carbocycles. The van der Waals surface area contributed by atoms with Crippen LogP contribution in [-0.4, -0.2) is 65.6 Å². The molecule has 0 aromatic heterocycles. The zero-order valence-electron chi connectivity index (χ0n) is 11.5. The molecule has 0 amide bonds. The molecule has 0 aromatic rings. The zero-order valence-corrected chi connectivity index (χ0v) is 12.3. The van der Waals surface area contributed by atoms with Crippen LogP contribution in [-0.2, 0) is 0 Å². The monoisotopic (exact) mass is 257 g/mol.